The first-order chi connectivity index (χ1) is 8.52. The van der Waals surface area contributed by atoms with E-state index in [-0.39, 0.29) is 0 Å². The van der Waals surface area contributed by atoms with E-state index in [4.69, 9.17) is 5.73 Å². The van der Waals surface area contributed by atoms with Gasteiger partial charge in [-0.3, -0.25) is 0 Å². The third kappa shape index (κ3) is 2.31. The normalized spacial score (nSPS) is 10.9. The van der Waals surface area contributed by atoms with E-state index < -0.39 is 0 Å². The molecule has 18 heavy (non-hydrogen) atoms. The topological polar surface area (TPSA) is 43.8 Å². The molecule has 3 nitrogen and oxygen atoms in total. The second-order valence-corrected chi connectivity index (χ2v) is 4.92. The first-order valence-corrected chi connectivity index (χ1v) is 6.30. The van der Waals surface area contributed by atoms with Crippen molar-refractivity contribution in [2.75, 3.05) is 0 Å². The van der Waals surface area contributed by atoms with Gasteiger partial charge in [-0.05, 0) is 37.5 Å². The van der Waals surface area contributed by atoms with Crippen LogP contribution in [-0.2, 0) is 20.0 Å². The van der Waals surface area contributed by atoms with Gasteiger partial charge in [0.2, 0.25) is 0 Å². The van der Waals surface area contributed by atoms with Crippen LogP contribution < -0.4 is 5.73 Å². The summed E-state index contributed by atoms with van der Waals surface area (Å²) >= 11 is 0. The van der Waals surface area contributed by atoms with Crippen molar-refractivity contribution in [3.05, 3.63) is 52.1 Å². The minimum atomic E-state index is 0.490. The van der Waals surface area contributed by atoms with Crippen LogP contribution in [0.15, 0.2) is 18.2 Å². The highest BCUT2D eigenvalue weighted by molar-refractivity contribution is 5.33. The van der Waals surface area contributed by atoms with Crippen LogP contribution in [0.5, 0.6) is 0 Å². The number of nitrogens with zero attached hydrogens (tertiary/aromatic N) is 2. The fourth-order valence-corrected chi connectivity index (χ4v) is 2.27. The fraction of sp³-hybridized carbons (Fsp3) is 0.400. The van der Waals surface area contributed by atoms with Crippen LogP contribution in [0.2, 0.25) is 0 Å². The van der Waals surface area contributed by atoms with Crippen molar-refractivity contribution in [3.8, 4) is 0 Å². The number of aromatic nitrogens is 2. The van der Waals surface area contributed by atoms with Gasteiger partial charge in [0.25, 0.3) is 0 Å². The molecule has 1 aromatic carbocycles. The van der Waals surface area contributed by atoms with Crippen molar-refractivity contribution in [1.82, 2.24) is 9.55 Å². The monoisotopic (exact) mass is 243 g/mol. The summed E-state index contributed by atoms with van der Waals surface area (Å²) in [5, 5.41) is 0. The third-order valence-corrected chi connectivity index (χ3v) is 3.63. The van der Waals surface area contributed by atoms with Crippen molar-refractivity contribution in [2.24, 2.45) is 12.8 Å². The summed E-state index contributed by atoms with van der Waals surface area (Å²) in [7, 11) is 2.04. The number of benzene rings is 1. The minimum absolute atomic E-state index is 0.490. The van der Waals surface area contributed by atoms with Crippen molar-refractivity contribution in [1.29, 1.82) is 0 Å². The lowest BCUT2D eigenvalue weighted by Gasteiger charge is -2.08. The quantitative estimate of drug-likeness (QED) is 0.899. The molecule has 0 bridgehead atoms. The van der Waals surface area contributed by atoms with Crippen LogP contribution in [0.4, 0.5) is 0 Å². The maximum Gasteiger partial charge on any atom is 0.122 e. The van der Waals surface area contributed by atoms with Gasteiger partial charge in [0.15, 0.2) is 0 Å². The Morgan fingerprint density at radius 1 is 1.17 bits per heavy atom. The molecule has 0 aliphatic carbocycles. The van der Waals surface area contributed by atoms with Gasteiger partial charge in [0.1, 0.15) is 5.82 Å². The molecule has 1 heterocycles. The summed E-state index contributed by atoms with van der Waals surface area (Å²) in [6.45, 7) is 6.83. The van der Waals surface area contributed by atoms with Crippen molar-refractivity contribution in [3.63, 3.8) is 0 Å². The number of hydrogen-bond donors (Lipinski definition) is 1. The molecule has 0 spiro atoms. The lowest BCUT2D eigenvalue weighted by Crippen LogP contribution is -2.07. The van der Waals surface area contributed by atoms with Gasteiger partial charge in [-0.1, -0.05) is 18.2 Å². The van der Waals surface area contributed by atoms with Gasteiger partial charge in [-0.15, -0.1) is 0 Å². The second-order valence-electron chi connectivity index (χ2n) is 4.92. The molecule has 0 fully saturated rings. The molecular formula is C15H21N3. The van der Waals surface area contributed by atoms with Crippen molar-refractivity contribution < 1.29 is 0 Å². The summed E-state index contributed by atoms with van der Waals surface area (Å²) < 4.78 is 2.12. The largest absolute Gasteiger partial charge is 0.333 e. The lowest BCUT2D eigenvalue weighted by molar-refractivity contribution is 0.760. The summed E-state index contributed by atoms with van der Waals surface area (Å²) in [5.74, 6) is 0.950. The van der Waals surface area contributed by atoms with E-state index in [9.17, 15) is 0 Å². The van der Waals surface area contributed by atoms with Gasteiger partial charge in [-0.2, -0.15) is 0 Å². The Morgan fingerprint density at radius 2 is 1.89 bits per heavy atom. The van der Waals surface area contributed by atoms with E-state index >= 15 is 0 Å². The molecule has 0 radical (unpaired) electrons. The standard InChI is InChI=1S/C15H21N3/c1-10-5-6-13(7-11(10)2)8-14-12(3)17-15(9-16)18(14)4/h5-7H,8-9,16H2,1-4H3. The number of rotatable bonds is 3. The molecule has 0 atom stereocenters. The van der Waals surface area contributed by atoms with E-state index in [0.717, 1.165) is 17.9 Å². The van der Waals surface area contributed by atoms with Crippen LogP contribution in [0.3, 0.4) is 0 Å². The zero-order valence-corrected chi connectivity index (χ0v) is 11.6. The highest BCUT2D eigenvalue weighted by Gasteiger charge is 2.11. The third-order valence-electron chi connectivity index (χ3n) is 3.63. The fourth-order valence-electron chi connectivity index (χ4n) is 2.27. The van der Waals surface area contributed by atoms with E-state index in [1.165, 1.54) is 22.4 Å². The number of hydrogen-bond acceptors (Lipinski definition) is 2. The smallest absolute Gasteiger partial charge is 0.122 e. The van der Waals surface area contributed by atoms with Crippen LogP contribution in [0, 0.1) is 20.8 Å². The van der Waals surface area contributed by atoms with Gasteiger partial charge in [0, 0.05) is 19.2 Å². The maximum absolute atomic E-state index is 5.69. The SMILES string of the molecule is Cc1ccc(Cc2c(C)nc(CN)n2C)cc1C. The molecule has 0 aliphatic heterocycles. The molecule has 0 saturated carbocycles. The summed E-state index contributed by atoms with van der Waals surface area (Å²) in [6.07, 6.45) is 0.913. The van der Waals surface area contributed by atoms with Crippen molar-refractivity contribution >= 4 is 0 Å². The zero-order chi connectivity index (χ0) is 13.3. The number of aryl methyl sites for hydroxylation is 3. The van der Waals surface area contributed by atoms with Gasteiger partial charge in [-0.25, -0.2) is 4.98 Å². The van der Waals surface area contributed by atoms with Crippen LogP contribution >= 0.6 is 0 Å². The molecule has 96 valence electrons. The summed E-state index contributed by atoms with van der Waals surface area (Å²) in [6, 6.07) is 6.63. The van der Waals surface area contributed by atoms with Crippen LogP contribution in [0.1, 0.15) is 33.9 Å². The first-order valence-electron chi connectivity index (χ1n) is 6.30. The van der Waals surface area contributed by atoms with Gasteiger partial charge < -0.3 is 10.3 Å². The maximum atomic E-state index is 5.69. The Kier molecular flexibility index (Phi) is 3.53. The Labute approximate surface area is 109 Å². The van der Waals surface area contributed by atoms with Crippen LogP contribution in [0.25, 0.3) is 0 Å². The number of nitrogens with two attached hydrogens (primary N) is 1. The van der Waals surface area contributed by atoms with E-state index in [2.05, 4.69) is 48.5 Å². The second kappa shape index (κ2) is 4.94. The molecule has 0 saturated heterocycles. The van der Waals surface area contributed by atoms with E-state index in [1.54, 1.807) is 0 Å². The molecule has 0 amide bonds. The average Bonchev–Trinajstić information content (AvgIpc) is 2.61. The predicted octanol–water partition coefficient (Wildman–Crippen LogP) is 2.39. The number of imidazole rings is 1. The molecule has 2 aromatic rings. The van der Waals surface area contributed by atoms with E-state index in [1.807, 2.05) is 7.05 Å². The highest BCUT2D eigenvalue weighted by Crippen LogP contribution is 2.17. The Morgan fingerprint density at radius 3 is 2.44 bits per heavy atom. The van der Waals surface area contributed by atoms with Gasteiger partial charge in [0.05, 0.1) is 12.2 Å². The molecule has 2 N–H and O–H groups in total. The van der Waals surface area contributed by atoms with Gasteiger partial charge >= 0.3 is 0 Å². The van der Waals surface area contributed by atoms with Crippen molar-refractivity contribution in [2.45, 2.75) is 33.7 Å². The molecule has 0 aliphatic rings. The Hall–Kier alpha value is -1.61. The molecule has 0 unspecified atom stereocenters. The highest BCUT2D eigenvalue weighted by atomic mass is 15.1. The summed E-state index contributed by atoms with van der Waals surface area (Å²) in [4.78, 5) is 4.50. The zero-order valence-electron chi connectivity index (χ0n) is 11.6. The molecular weight excluding hydrogens is 222 g/mol. The van der Waals surface area contributed by atoms with Crippen LogP contribution in [-0.4, -0.2) is 9.55 Å². The average molecular weight is 243 g/mol. The van der Waals surface area contributed by atoms with E-state index in [0.29, 0.717) is 6.54 Å². The lowest BCUT2D eigenvalue weighted by atomic mass is 10.0. The predicted molar refractivity (Wildman–Crippen MR) is 74.6 cm³/mol. The molecule has 3 heteroatoms. The minimum Gasteiger partial charge on any atom is -0.333 e. The molecule has 2 rings (SSSR count). The Balaban J connectivity index is 2.33. The Bertz CT molecular complexity index is 567. The summed E-state index contributed by atoms with van der Waals surface area (Å²) in [5.41, 5.74) is 12.0. The first kappa shape index (κ1) is 12.8. The molecule has 1 aromatic heterocycles.